The van der Waals surface area contributed by atoms with Crippen molar-refractivity contribution in [1.82, 2.24) is 9.80 Å². The third-order valence-electron chi connectivity index (χ3n) is 4.27. The smallest absolute Gasteiger partial charge is 0.0617 e. The van der Waals surface area contributed by atoms with E-state index in [1.54, 1.807) is 0 Å². The van der Waals surface area contributed by atoms with Crippen LogP contribution in [0.4, 0.5) is 0 Å². The van der Waals surface area contributed by atoms with E-state index in [1.807, 2.05) is 30.3 Å². The Bertz CT molecular complexity index is 642. The van der Waals surface area contributed by atoms with Crippen LogP contribution in [0, 0.1) is 0 Å². The number of benzene rings is 2. The first-order valence-electron chi connectivity index (χ1n) is 7.57. The van der Waals surface area contributed by atoms with Crippen LogP contribution in [-0.2, 0) is 0 Å². The highest BCUT2D eigenvalue weighted by atomic mass is 35.5. The normalized spacial score (nSPS) is 16.8. The fourth-order valence-corrected chi connectivity index (χ4v) is 3.48. The summed E-state index contributed by atoms with van der Waals surface area (Å²) in [5, 5.41) is 1.58. The number of halogens is 4. The van der Waals surface area contributed by atoms with Crippen molar-refractivity contribution < 1.29 is 0 Å². The summed E-state index contributed by atoms with van der Waals surface area (Å²) in [6.45, 7) is 4.20. The van der Waals surface area contributed by atoms with E-state index >= 15 is 0 Å². The average Bonchev–Trinajstić information content (AvgIpc) is 2.51. The van der Waals surface area contributed by atoms with Crippen molar-refractivity contribution in [3.63, 3.8) is 0 Å². The van der Waals surface area contributed by atoms with Gasteiger partial charge in [-0.15, -0.1) is 24.8 Å². The highest BCUT2D eigenvalue weighted by Crippen LogP contribution is 2.34. The van der Waals surface area contributed by atoms with Gasteiger partial charge in [-0.25, -0.2) is 0 Å². The molecule has 0 N–H and O–H groups in total. The summed E-state index contributed by atoms with van der Waals surface area (Å²) in [6.07, 6.45) is 0. The van der Waals surface area contributed by atoms with Crippen LogP contribution in [0.15, 0.2) is 48.5 Å². The first-order valence-corrected chi connectivity index (χ1v) is 8.33. The predicted octanol–water partition coefficient (Wildman–Crippen LogP) is 5.17. The summed E-state index contributed by atoms with van der Waals surface area (Å²) in [7, 11) is 2.17. The van der Waals surface area contributed by atoms with Gasteiger partial charge in [0.25, 0.3) is 0 Å². The van der Waals surface area contributed by atoms with Crippen LogP contribution in [0.5, 0.6) is 0 Å². The molecule has 3 rings (SSSR count). The zero-order chi connectivity index (χ0) is 15.5. The lowest BCUT2D eigenvalue weighted by atomic mass is 9.96. The maximum atomic E-state index is 6.49. The van der Waals surface area contributed by atoms with Gasteiger partial charge in [0, 0.05) is 36.2 Å². The highest BCUT2D eigenvalue weighted by molar-refractivity contribution is 6.31. The van der Waals surface area contributed by atoms with Crippen LogP contribution in [0.3, 0.4) is 0 Å². The second-order valence-corrected chi connectivity index (χ2v) is 6.66. The van der Waals surface area contributed by atoms with Gasteiger partial charge in [0.05, 0.1) is 6.04 Å². The van der Waals surface area contributed by atoms with Crippen LogP contribution in [-0.4, -0.2) is 43.0 Å². The molecule has 0 aliphatic carbocycles. The fraction of sp³-hybridized carbons (Fsp3) is 0.333. The Kier molecular flexibility index (Phi) is 8.86. The number of likely N-dealkylation sites (N-methyl/N-ethyl adjacent to an activating group) is 1. The lowest BCUT2D eigenvalue weighted by molar-refractivity contribution is 0.127. The minimum Gasteiger partial charge on any atom is -0.304 e. The molecule has 0 spiro atoms. The fourth-order valence-electron chi connectivity index (χ4n) is 3.04. The van der Waals surface area contributed by atoms with Crippen LogP contribution in [0.2, 0.25) is 10.0 Å². The molecule has 0 amide bonds. The molecule has 1 unspecified atom stereocenters. The van der Waals surface area contributed by atoms with Gasteiger partial charge < -0.3 is 4.90 Å². The summed E-state index contributed by atoms with van der Waals surface area (Å²) in [4.78, 5) is 4.85. The van der Waals surface area contributed by atoms with Gasteiger partial charge >= 0.3 is 0 Å². The summed E-state index contributed by atoms with van der Waals surface area (Å²) in [5.74, 6) is 0. The van der Waals surface area contributed by atoms with E-state index in [2.05, 4.69) is 35.0 Å². The molecule has 1 atom stereocenters. The highest BCUT2D eigenvalue weighted by Gasteiger charge is 2.26. The van der Waals surface area contributed by atoms with Gasteiger partial charge in [-0.3, -0.25) is 4.90 Å². The van der Waals surface area contributed by atoms with Gasteiger partial charge in [0.1, 0.15) is 0 Å². The lowest BCUT2D eigenvalue weighted by Gasteiger charge is -2.38. The van der Waals surface area contributed by atoms with Gasteiger partial charge in [0.2, 0.25) is 0 Å². The molecule has 1 saturated heterocycles. The first-order chi connectivity index (χ1) is 10.6. The Morgan fingerprint density at radius 2 is 1.54 bits per heavy atom. The molecular formula is C18H22Cl4N2. The van der Waals surface area contributed by atoms with Crippen molar-refractivity contribution in [1.29, 1.82) is 0 Å². The van der Waals surface area contributed by atoms with Crippen molar-refractivity contribution >= 4 is 48.0 Å². The molecular weight excluding hydrogens is 386 g/mol. The molecule has 6 heteroatoms. The van der Waals surface area contributed by atoms with E-state index in [0.717, 1.165) is 41.8 Å². The summed E-state index contributed by atoms with van der Waals surface area (Å²) in [5.41, 5.74) is 2.35. The van der Waals surface area contributed by atoms with E-state index in [4.69, 9.17) is 23.2 Å². The average molecular weight is 408 g/mol. The maximum Gasteiger partial charge on any atom is 0.0617 e. The third-order valence-corrected chi connectivity index (χ3v) is 4.85. The number of nitrogens with zero attached hydrogens (tertiary/aromatic N) is 2. The van der Waals surface area contributed by atoms with Crippen LogP contribution >= 0.6 is 48.0 Å². The van der Waals surface area contributed by atoms with Crippen LogP contribution < -0.4 is 0 Å². The zero-order valence-electron chi connectivity index (χ0n) is 13.5. The van der Waals surface area contributed by atoms with Gasteiger partial charge in [-0.05, 0) is 36.4 Å². The molecule has 1 aliphatic rings. The van der Waals surface area contributed by atoms with Crippen molar-refractivity contribution in [3.8, 4) is 0 Å². The minimum atomic E-state index is 0. The molecule has 1 aliphatic heterocycles. The van der Waals surface area contributed by atoms with Crippen molar-refractivity contribution in [3.05, 3.63) is 69.7 Å². The Hall–Kier alpha value is -0.480. The third kappa shape index (κ3) is 5.01. The topological polar surface area (TPSA) is 6.48 Å². The SMILES string of the molecule is CN1CCN(C(c2cccc(Cl)c2)c2ccccc2Cl)CC1.Cl.Cl. The minimum absolute atomic E-state index is 0. The molecule has 2 nitrogen and oxygen atoms in total. The molecule has 0 radical (unpaired) electrons. The number of rotatable bonds is 3. The maximum absolute atomic E-state index is 6.49. The Labute approximate surface area is 166 Å². The quantitative estimate of drug-likeness (QED) is 0.691. The zero-order valence-corrected chi connectivity index (χ0v) is 16.6. The Morgan fingerprint density at radius 1 is 0.875 bits per heavy atom. The second kappa shape index (κ2) is 9.86. The van der Waals surface area contributed by atoms with E-state index in [0.29, 0.717) is 0 Å². The van der Waals surface area contributed by atoms with Crippen molar-refractivity contribution in [2.75, 3.05) is 33.2 Å². The van der Waals surface area contributed by atoms with Gasteiger partial charge in [0.15, 0.2) is 0 Å². The molecule has 2 aromatic rings. The number of piperazine rings is 1. The van der Waals surface area contributed by atoms with Crippen molar-refractivity contribution in [2.24, 2.45) is 0 Å². The van der Waals surface area contributed by atoms with E-state index in [-0.39, 0.29) is 30.9 Å². The molecule has 0 bridgehead atoms. The van der Waals surface area contributed by atoms with Crippen molar-refractivity contribution in [2.45, 2.75) is 6.04 Å². The first kappa shape index (κ1) is 21.6. The monoisotopic (exact) mass is 406 g/mol. The molecule has 24 heavy (non-hydrogen) atoms. The molecule has 2 aromatic carbocycles. The van der Waals surface area contributed by atoms with E-state index in [9.17, 15) is 0 Å². The standard InChI is InChI=1S/C18H20Cl2N2.2ClH/c1-21-9-11-22(12-10-21)18(14-5-4-6-15(19)13-14)16-7-2-3-8-17(16)20;;/h2-8,13,18H,9-12H2,1H3;2*1H. The molecule has 132 valence electrons. The van der Waals surface area contributed by atoms with E-state index < -0.39 is 0 Å². The summed E-state index contributed by atoms with van der Waals surface area (Å²) < 4.78 is 0. The molecule has 0 saturated carbocycles. The Morgan fingerprint density at radius 3 is 2.17 bits per heavy atom. The number of hydrogen-bond donors (Lipinski definition) is 0. The predicted molar refractivity (Wildman–Crippen MR) is 108 cm³/mol. The molecule has 1 heterocycles. The van der Waals surface area contributed by atoms with Crippen LogP contribution in [0.1, 0.15) is 17.2 Å². The van der Waals surface area contributed by atoms with Gasteiger partial charge in [-0.2, -0.15) is 0 Å². The largest absolute Gasteiger partial charge is 0.304 e. The summed E-state index contributed by atoms with van der Waals surface area (Å²) >= 11 is 12.7. The van der Waals surface area contributed by atoms with Gasteiger partial charge in [-0.1, -0.05) is 53.5 Å². The summed E-state index contributed by atoms with van der Waals surface area (Å²) in [6, 6.07) is 16.4. The Balaban J connectivity index is 0.00000144. The van der Waals surface area contributed by atoms with Crippen LogP contribution in [0.25, 0.3) is 0 Å². The molecule has 0 aromatic heterocycles. The molecule has 1 fully saturated rings. The lowest BCUT2D eigenvalue weighted by Crippen LogP contribution is -2.46. The van der Waals surface area contributed by atoms with E-state index in [1.165, 1.54) is 5.56 Å². The number of hydrogen-bond acceptors (Lipinski definition) is 2. The second-order valence-electron chi connectivity index (χ2n) is 5.82.